The molecule has 7 heteroatoms. The first-order valence-corrected chi connectivity index (χ1v) is 10.3. The van der Waals surface area contributed by atoms with Crippen molar-refractivity contribution in [2.24, 2.45) is 0 Å². The molecular weight excluding hydrogens is 417 g/mol. The van der Waals surface area contributed by atoms with E-state index in [1.807, 2.05) is 35.2 Å². The Hall–Kier alpha value is -3.61. The monoisotopic (exact) mass is 436 g/mol. The Bertz CT molecular complexity index is 1200. The molecule has 32 heavy (non-hydrogen) atoms. The van der Waals surface area contributed by atoms with Crippen LogP contribution in [0.15, 0.2) is 66.7 Å². The first kappa shape index (κ1) is 20.3. The first-order chi connectivity index (χ1) is 15.3. The van der Waals surface area contributed by atoms with Crippen LogP contribution in [0.1, 0.15) is 44.7 Å². The fourth-order valence-corrected chi connectivity index (χ4v) is 3.94. The van der Waals surface area contributed by atoms with Gasteiger partial charge in [-0.2, -0.15) is 13.2 Å². The summed E-state index contributed by atoms with van der Waals surface area (Å²) in [5.41, 5.74) is 3.47. The molecule has 3 aromatic carbocycles. The number of anilines is 1. The van der Waals surface area contributed by atoms with Crippen molar-refractivity contribution in [2.75, 3.05) is 5.32 Å². The Morgan fingerprint density at radius 2 is 1.56 bits per heavy atom. The van der Waals surface area contributed by atoms with Crippen LogP contribution in [0.3, 0.4) is 0 Å². The highest BCUT2D eigenvalue weighted by atomic mass is 19.4. The number of benzene rings is 3. The van der Waals surface area contributed by atoms with Crippen LogP contribution in [0.5, 0.6) is 0 Å². The van der Waals surface area contributed by atoms with Gasteiger partial charge in [-0.05, 0) is 72.0 Å². The lowest BCUT2D eigenvalue weighted by atomic mass is 10.00. The van der Waals surface area contributed by atoms with Crippen molar-refractivity contribution in [3.63, 3.8) is 0 Å². The predicted molar refractivity (Wildman–Crippen MR) is 114 cm³/mol. The number of hydrogen-bond donors (Lipinski definition) is 1. The van der Waals surface area contributed by atoms with E-state index in [-0.39, 0.29) is 11.5 Å². The molecule has 2 amide bonds. The maximum Gasteiger partial charge on any atom is 0.416 e. The van der Waals surface area contributed by atoms with E-state index in [1.54, 1.807) is 12.1 Å². The molecule has 162 valence electrons. The molecule has 1 fully saturated rings. The minimum absolute atomic E-state index is 0.0878. The third-order valence-electron chi connectivity index (χ3n) is 5.88. The van der Waals surface area contributed by atoms with Gasteiger partial charge in [0.25, 0.3) is 11.8 Å². The van der Waals surface area contributed by atoms with E-state index >= 15 is 0 Å². The lowest BCUT2D eigenvalue weighted by Crippen LogP contribution is -2.25. The van der Waals surface area contributed by atoms with Crippen LogP contribution in [-0.2, 0) is 12.7 Å². The smallest absolute Gasteiger partial charge is 0.331 e. The molecule has 0 radical (unpaired) electrons. The van der Waals surface area contributed by atoms with Gasteiger partial charge >= 0.3 is 6.18 Å². The summed E-state index contributed by atoms with van der Waals surface area (Å²) in [6.07, 6.45) is -2.29. The van der Waals surface area contributed by atoms with Crippen LogP contribution < -0.4 is 5.32 Å². The minimum atomic E-state index is -4.44. The molecule has 0 aromatic heterocycles. The summed E-state index contributed by atoms with van der Waals surface area (Å²) in [6, 6.07) is 17.5. The number of nitrogens with one attached hydrogen (secondary N) is 1. The zero-order valence-corrected chi connectivity index (χ0v) is 16.9. The third-order valence-corrected chi connectivity index (χ3v) is 5.88. The van der Waals surface area contributed by atoms with Crippen LogP contribution in [0.25, 0.3) is 11.1 Å². The highest BCUT2D eigenvalue weighted by Crippen LogP contribution is 2.36. The lowest BCUT2D eigenvalue weighted by molar-refractivity contribution is -0.137. The zero-order valence-electron chi connectivity index (χ0n) is 16.9. The van der Waals surface area contributed by atoms with Gasteiger partial charge in [0, 0.05) is 29.4 Å². The summed E-state index contributed by atoms with van der Waals surface area (Å²) in [7, 11) is 0. The van der Waals surface area contributed by atoms with Gasteiger partial charge in [-0.25, -0.2) is 0 Å². The van der Waals surface area contributed by atoms with Crippen molar-refractivity contribution in [1.82, 2.24) is 4.90 Å². The average molecular weight is 436 g/mol. The van der Waals surface area contributed by atoms with Crippen molar-refractivity contribution in [3.8, 4) is 11.1 Å². The minimum Gasteiger partial charge on any atom is -0.331 e. The number of nitrogens with zero attached hydrogens (tertiary/aromatic N) is 1. The largest absolute Gasteiger partial charge is 0.416 e. The van der Waals surface area contributed by atoms with Gasteiger partial charge in [0.1, 0.15) is 0 Å². The maximum absolute atomic E-state index is 12.7. The Labute approximate surface area is 182 Å². The summed E-state index contributed by atoms with van der Waals surface area (Å²) in [5.74, 6) is -0.403. The van der Waals surface area contributed by atoms with E-state index in [0.29, 0.717) is 18.3 Å². The summed E-state index contributed by atoms with van der Waals surface area (Å²) in [6.45, 7) is 0.675. The molecule has 1 N–H and O–H groups in total. The van der Waals surface area contributed by atoms with Gasteiger partial charge in [-0.3, -0.25) is 9.59 Å². The molecule has 3 aromatic rings. The number of amides is 2. The van der Waals surface area contributed by atoms with Crippen LogP contribution in [0.4, 0.5) is 18.9 Å². The van der Waals surface area contributed by atoms with Gasteiger partial charge < -0.3 is 10.2 Å². The predicted octanol–water partition coefficient (Wildman–Crippen LogP) is 5.74. The van der Waals surface area contributed by atoms with Crippen molar-refractivity contribution in [1.29, 1.82) is 0 Å². The fraction of sp³-hybridized carbons (Fsp3) is 0.200. The topological polar surface area (TPSA) is 49.4 Å². The number of rotatable bonds is 4. The summed E-state index contributed by atoms with van der Waals surface area (Å²) in [4.78, 5) is 27.0. The van der Waals surface area contributed by atoms with Crippen molar-refractivity contribution in [3.05, 3.63) is 89.0 Å². The number of carbonyl (C=O) groups excluding carboxylic acids is 2. The molecule has 1 heterocycles. The number of carbonyl (C=O) groups is 2. The Kier molecular flexibility index (Phi) is 4.77. The van der Waals surface area contributed by atoms with Crippen LogP contribution in [0, 0.1) is 0 Å². The Morgan fingerprint density at radius 1 is 0.906 bits per heavy atom. The van der Waals surface area contributed by atoms with Gasteiger partial charge in [0.2, 0.25) is 0 Å². The third kappa shape index (κ3) is 3.86. The first-order valence-electron chi connectivity index (χ1n) is 10.3. The second-order valence-electron chi connectivity index (χ2n) is 8.14. The van der Waals surface area contributed by atoms with Crippen LogP contribution in [-0.4, -0.2) is 22.8 Å². The molecule has 0 bridgehead atoms. The Balaban J connectivity index is 1.29. The molecule has 0 saturated heterocycles. The molecule has 1 aliphatic heterocycles. The second-order valence-corrected chi connectivity index (χ2v) is 8.14. The van der Waals surface area contributed by atoms with Gasteiger partial charge in [0.15, 0.2) is 0 Å². The molecule has 0 atom stereocenters. The SMILES string of the molecule is O=C(Nc1ccc(-c2ccc3c(c2)C(=O)N(C2CC2)C3)cc1)c1ccc(C(F)(F)F)cc1. The molecule has 1 aliphatic carbocycles. The Morgan fingerprint density at radius 3 is 2.19 bits per heavy atom. The highest BCUT2D eigenvalue weighted by Gasteiger charge is 2.38. The second kappa shape index (κ2) is 7.51. The highest BCUT2D eigenvalue weighted by molar-refractivity contribution is 6.04. The number of hydrogen-bond acceptors (Lipinski definition) is 2. The average Bonchev–Trinajstić information content (AvgIpc) is 3.57. The maximum atomic E-state index is 12.7. The van der Waals surface area contributed by atoms with E-state index in [0.717, 1.165) is 59.4 Å². The standard InChI is InChI=1S/C25H19F3N2O2/c26-25(27,28)19-7-3-16(4-8-19)23(31)29-20-9-5-15(6-10-20)17-1-2-18-14-30(21-11-12-21)24(32)22(18)13-17/h1-10,13,21H,11-12,14H2,(H,29,31). The lowest BCUT2D eigenvalue weighted by Gasteiger charge is -2.13. The van der Waals surface area contributed by atoms with Gasteiger partial charge in [0.05, 0.1) is 5.56 Å². The quantitative estimate of drug-likeness (QED) is 0.567. The molecule has 2 aliphatic rings. The van der Waals surface area contributed by atoms with E-state index in [1.165, 1.54) is 0 Å². The van der Waals surface area contributed by atoms with Crippen molar-refractivity contribution < 1.29 is 22.8 Å². The van der Waals surface area contributed by atoms with E-state index in [9.17, 15) is 22.8 Å². The molecule has 4 nitrogen and oxygen atoms in total. The molecular formula is C25H19F3N2O2. The number of halogens is 3. The van der Waals surface area contributed by atoms with Gasteiger partial charge in [-0.1, -0.05) is 24.3 Å². The molecule has 5 rings (SSSR count). The van der Waals surface area contributed by atoms with Crippen molar-refractivity contribution >= 4 is 17.5 Å². The summed E-state index contributed by atoms with van der Waals surface area (Å²) < 4.78 is 38.0. The van der Waals surface area contributed by atoms with Crippen LogP contribution in [0.2, 0.25) is 0 Å². The zero-order chi connectivity index (χ0) is 22.5. The van der Waals surface area contributed by atoms with E-state index < -0.39 is 17.6 Å². The van der Waals surface area contributed by atoms with Crippen LogP contribution >= 0.6 is 0 Å². The number of alkyl halides is 3. The van der Waals surface area contributed by atoms with Crippen molar-refractivity contribution in [2.45, 2.75) is 31.6 Å². The summed E-state index contributed by atoms with van der Waals surface area (Å²) in [5, 5.41) is 2.69. The van der Waals surface area contributed by atoms with E-state index in [4.69, 9.17) is 0 Å². The molecule has 0 spiro atoms. The van der Waals surface area contributed by atoms with E-state index in [2.05, 4.69) is 5.32 Å². The van der Waals surface area contributed by atoms with Gasteiger partial charge in [-0.15, -0.1) is 0 Å². The number of fused-ring (bicyclic) bond motifs is 1. The summed E-state index contributed by atoms with van der Waals surface area (Å²) >= 11 is 0. The fourth-order valence-electron chi connectivity index (χ4n) is 3.94. The molecule has 0 unspecified atom stereocenters. The normalized spacial score (nSPS) is 15.6. The molecule has 1 saturated carbocycles.